The quantitative estimate of drug-likeness (QED) is 0.868. The molecule has 5 nitrogen and oxygen atoms in total. The average Bonchev–Trinajstić information content (AvgIpc) is 2.63. The minimum Gasteiger partial charge on any atom is -0.478 e. The van der Waals surface area contributed by atoms with E-state index in [4.69, 9.17) is 0 Å². The molecule has 0 aromatic heterocycles. The second kappa shape index (κ2) is 7.56. The minimum atomic E-state index is -1.10. The van der Waals surface area contributed by atoms with Crippen molar-refractivity contribution in [2.24, 2.45) is 5.92 Å². The first-order chi connectivity index (χ1) is 12.4. The predicted molar refractivity (Wildman–Crippen MR) is 98.4 cm³/mol. The van der Waals surface area contributed by atoms with Crippen LogP contribution in [0.1, 0.15) is 40.5 Å². The van der Waals surface area contributed by atoms with Gasteiger partial charge in [-0.15, -0.1) is 0 Å². The molecule has 1 fully saturated rings. The Hall–Kier alpha value is -2.89. The molecule has 2 aromatic rings. The third-order valence-corrected chi connectivity index (χ3v) is 4.74. The number of carboxylic acids is 1. The summed E-state index contributed by atoms with van der Waals surface area (Å²) in [6.45, 7) is 4.00. The van der Waals surface area contributed by atoms with Gasteiger partial charge < -0.3 is 15.3 Å². The van der Waals surface area contributed by atoms with Gasteiger partial charge in [-0.1, -0.05) is 6.92 Å². The van der Waals surface area contributed by atoms with Crippen LogP contribution in [0.25, 0.3) is 0 Å². The number of benzene rings is 2. The highest BCUT2D eigenvalue weighted by Gasteiger charge is 2.19. The number of amides is 1. The van der Waals surface area contributed by atoms with E-state index in [9.17, 15) is 19.1 Å². The lowest BCUT2D eigenvalue weighted by Crippen LogP contribution is -2.32. The number of hydrogen-bond donors (Lipinski definition) is 2. The van der Waals surface area contributed by atoms with Gasteiger partial charge in [0.25, 0.3) is 5.91 Å². The number of carbonyl (C=O) groups excluding carboxylic acids is 1. The Morgan fingerprint density at radius 2 is 1.77 bits per heavy atom. The third kappa shape index (κ3) is 4.02. The second-order valence-electron chi connectivity index (χ2n) is 6.67. The molecule has 1 aliphatic heterocycles. The van der Waals surface area contributed by atoms with E-state index in [-0.39, 0.29) is 16.8 Å². The lowest BCUT2D eigenvalue weighted by Gasteiger charge is -2.32. The zero-order chi connectivity index (χ0) is 18.7. The van der Waals surface area contributed by atoms with Crippen molar-refractivity contribution in [3.05, 3.63) is 59.4 Å². The van der Waals surface area contributed by atoms with E-state index in [2.05, 4.69) is 17.1 Å². The van der Waals surface area contributed by atoms with Gasteiger partial charge in [-0.25, -0.2) is 9.18 Å². The summed E-state index contributed by atoms with van der Waals surface area (Å²) in [6.07, 6.45) is 2.15. The summed E-state index contributed by atoms with van der Waals surface area (Å²) in [5.41, 5.74) is 1.36. The summed E-state index contributed by atoms with van der Waals surface area (Å²) in [5.74, 6) is -1.34. The Balaban J connectivity index is 1.81. The van der Waals surface area contributed by atoms with E-state index in [1.165, 1.54) is 24.3 Å². The summed E-state index contributed by atoms with van der Waals surface area (Å²) in [6, 6.07) is 10.1. The standard InChI is InChI=1S/C20H21FN2O3/c1-13-8-10-23(11-9-13)16-6-7-18(17(12-16)20(25)26)22-19(24)14-2-4-15(21)5-3-14/h2-7,12-13H,8-11H2,1H3,(H,22,24)(H,25,26). The van der Waals surface area contributed by atoms with Crippen molar-refractivity contribution in [2.75, 3.05) is 23.3 Å². The van der Waals surface area contributed by atoms with Crippen LogP contribution in [0, 0.1) is 11.7 Å². The number of halogens is 1. The van der Waals surface area contributed by atoms with Gasteiger partial charge >= 0.3 is 5.97 Å². The Morgan fingerprint density at radius 1 is 1.12 bits per heavy atom. The maximum absolute atomic E-state index is 13.0. The molecule has 1 aliphatic rings. The molecule has 0 bridgehead atoms. The van der Waals surface area contributed by atoms with Gasteiger partial charge in [0, 0.05) is 24.3 Å². The minimum absolute atomic E-state index is 0.0385. The van der Waals surface area contributed by atoms with Crippen LogP contribution in [0.2, 0.25) is 0 Å². The van der Waals surface area contributed by atoms with E-state index in [0.717, 1.165) is 31.6 Å². The van der Waals surface area contributed by atoms with Crippen molar-refractivity contribution in [1.29, 1.82) is 0 Å². The summed E-state index contributed by atoms with van der Waals surface area (Å²) in [7, 11) is 0. The summed E-state index contributed by atoms with van der Waals surface area (Å²) < 4.78 is 13.0. The van der Waals surface area contributed by atoms with Crippen LogP contribution >= 0.6 is 0 Å². The largest absolute Gasteiger partial charge is 0.478 e. The lowest BCUT2D eigenvalue weighted by atomic mass is 9.98. The zero-order valence-electron chi connectivity index (χ0n) is 14.5. The molecule has 136 valence electrons. The van der Waals surface area contributed by atoms with Gasteiger partial charge in [0.1, 0.15) is 5.82 Å². The van der Waals surface area contributed by atoms with Crippen LogP contribution in [0.5, 0.6) is 0 Å². The molecule has 0 saturated carbocycles. The molecule has 0 atom stereocenters. The third-order valence-electron chi connectivity index (χ3n) is 4.74. The maximum Gasteiger partial charge on any atom is 0.337 e. The monoisotopic (exact) mass is 356 g/mol. The fraction of sp³-hybridized carbons (Fsp3) is 0.300. The van der Waals surface area contributed by atoms with Gasteiger partial charge in [-0.2, -0.15) is 0 Å². The molecule has 1 amide bonds. The number of anilines is 2. The molecule has 6 heteroatoms. The molecule has 0 spiro atoms. The Bertz CT molecular complexity index is 812. The molecule has 3 rings (SSSR count). The molecular formula is C20H21FN2O3. The van der Waals surface area contributed by atoms with E-state index < -0.39 is 17.7 Å². The number of rotatable bonds is 4. The van der Waals surface area contributed by atoms with Crippen LogP contribution in [0.15, 0.2) is 42.5 Å². The van der Waals surface area contributed by atoms with Crippen LogP contribution in [-0.2, 0) is 0 Å². The zero-order valence-corrected chi connectivity index (χ0v) is 14.5. The molecule has 1 saturated heterocycles. The van der Waals surface area contributed by atoms with Crippen LogP contribution in [0.3, 0.4) is 0 Å². The SMILES string of the molecule is CC1CCN(c2ccc(NC(=O)c3ccc(F)cc3)c(C(=O)O)c2)CC1. The number of carbonyl (C=O) groups is 2. The molecule has 26 heavy (non-hydrogen) atoms. The predicted octanol–water partition coefficient (Wildman–Crippen LogP) is 4.01. The second-order valence-corrected chi connectivity index (χ2v) is 6.67. The van der Waals surface area contributed by atoms with Crippen molar-refractivity contribution < 1.29 is 19.1 Å². The Labute approximate surface area is 151 Å². The van der Waals surface area contributed by atoms with Gasteiger partial charge in [0.2, 0.25) is 0 Å². The highest BCUT2D eigenvalue weighted by atomic mass is 19.1. The number of nitrogens with one attached hydrogen (secondary N) is 1. The first kappa shape index (κ1) is 17.9. The molecule has 0 radical (unpaired) electrons. The lowest BCUT2D eigenvalue weighted by molar-refractivity contribution is 0.0698. The van der Waals surface area contributed by atoms with Crippen molar-refractivity contribution in [3.63, 3.8) is 0 Å². The molecule has 2 N–H and O–H groups in total. The number of carboxylic acid groups (broad SMARTS) is 1. The van der Waals surface area contributed by atoms with Crippen molar-refractivity contribution >= 4 is 23.3 Å². The van der Waals surface area contributed by atoms with Crippen LogP contribution in [-0.4, -0.2) is 30.1 Å². The van der Waals surface area contributed by atoms with E-state index in [0.29, 0.717) is 5.92 Å². The van der Waals surface area contributed by atoms with E-state index >= 15 is 0 Å². The number of hydrogen-bond acceptors (Lipinski definition) is 3. The molecule has 1 heterocycles. The molecule has 2 aromatic carbocycles. The maximum atomic E-state index is 13.0. The van der Waals surface area contributed by atoms with Crippen LogP contribution < -0.4 is 10.2 Å². The van der Waals surface area contributed by atoms with Crippen molar-refractivity contribution in [2.45, 2.75) is 19.8 Å². The smallest absolute Gasteiger partial charge is 0.337 e. The normalized spacial score (nSPS) is 14.9. The fourth-order valence-electron chi connectivity index (χ4n) is 3.08. The Kier molecular flexibility index (Phi) is 5.21. The van der Waals surface area contributed by atoms with Crippen molar-refractivity contribution in [3.8, 4) is 0 Å². The summed E-state index contributed by atoms with van der Waals surface area (Å²) in [5, 5.41) is 12.1. The molecule has 0 unspecified atom stereocenters. The first-order valence-corrected chi connectivity index (χ1v) is 8.63. The Morgan fingerprint density at radius 3 is 2.38 bits per heavy atom. The number of aromatic carboxylic acids is 1. The van der Waals surface area contributed by atoms with Crippen molar-refractivity contribution in [1.82, 2.24) is 0 Å². The van der Waals surface area contributed by atoms with Gasteiger partial charge in [0.05, 0.1) is 11.3 Å². The fourth-order valence-corrected chi connectivity index (χ4v) is 3.08. The number of nitrogens with zero attached hydrogens (tertiary/aromatic N) is 1. The summed E-state index contributed by atoms with van der Waals surface area (Å²) in [4.78, 5) is 26.1. The molecule has 0 aliphatic carbocycles. The first-order valence-electron chi connectivity index (χ1n) is 8.63. The topological polar surface area (TPSA) is 69.6 Å². The van der Waals surface area contributed by atoms with Crippen LogP contribution in [0.4, 0.5) is 15.8 Å². The van der Waals surface area contributed by atoms with E-state index in [1.54, 1.807) is 12.1 Å². The van der Waals surface area contributed by atoms with Gasteiger partial charge in [0.15, 0.2) is 0 Å². The van der Waals surface area contributed by atoms with E-state index in [1.807, 2.05) is 6.07 Å². The van der Waals surface area contributed by atoms with Gasteiger partial charge in [-0.3, -0.25) is 4.79 Å². The number of piperidine rings is 1. The average molecular weight is 356 g/mol. The molecular weight excluding hydrogens is 335 g/mol. The highest BCUT2D eigenvalue weighted by Crippen LogP contribution is 2.27. The highest BCUT2D eigenvalue weighted by molar-refractivity contribution is 6.08. The van der Waals surface area contributed by atoms with Gasteiger partial charge in [-0.05, 0) is 61.2 Å². The summed E-state index contributed by atoms with van der Waals surface area (Å²) >= 11 is 0.